The maximum Gasteiger partial charge on any atom is 0.147 e. The molecule has 0 N–H and O–H groups in total. The predicted octanol–water partition coefficient (Wildman–Crippen LogP) is 5.47. The van der Waals surface area contributed by atoms with Crippen LogP contribution < -0.4 is 4.90 Å². The third kappa shape index (κ3) is 4.84. The Balaban J connectivity index is 1.44. The smallest absolute Gasteiger partial charge is 0.147 e. The van der Waals surface area contributed by atoms with Crippen molar-refractivity contribution >= 4 is 5.82 Å². The van der Waals surface area contributed by atoms with Gasteiger partial charge in [0.15, 0.2) is 0 Å². The molecule has 30 heavy (non-hydrogen) atoms. The number of hydrogen-bond donors (Lipinski definition) is 0. The Labute approximate surface area is 179 Å². The van der Waals surface area contributed by atoms with E-state index in [2.05, 4.69) is 47.8 Å². The zero-order valence-electron chi connectivity index (χ0n) is 18.2. The van der Waals surface area contributed by atoms with Gasteiger partial charge in [-0.1, -0.05) is 51.1 Å². The van der Waals surface area contributed by atoms with Gasteiger partial charge in [0.05, 0.1) is 29.5 Å². The summed E-state index contributed by atoms with van der Waals surface area (Å²) in [5.74, 6) is 2.41. The van der Waals surface area contributed by atoms with E-state index >= 15 is 0 Å². The van der Waals surface area contributed by atoms with Crippen LogP contribution in [0.3, 0.4) is 0 Å². The predicted molar refractivity (Wildman–Crippen MR) is 122 cm³/mol. The van der Waals surface area contributed by atoms with Gasteiger partial charge in [0.25, 0.3) is 0 Å². The van der Waals surface area contributed by atoms with E-state index < -0.39 is 0 Å². The van der Waals surface area contributed by atoms with Crippen molar-refractivity contribution in [1.82, 2.24) is 19.9 Å². The van der Waals surface area contributed by atoms with E-state index in [1.165, 1.54) is 12.8 Å². The fourth-order valence-corrected chi connectivity index (χ4v) is 4.25. The molecule has 1 aromatic carbocycles. The average molecular weight is 402 g/mol. The SMILES string of the molecule is CC(C)c1cncc(N2CCCC(CC(C)c3cncc(-c4ccccc4)n3)C2)n1. The summed E-state index contributed by atoms with van der Waals surface area (Å²) in [5, 5.41) is 0. The largest absolute Gasteiger partial charge is 0.355 e. The molecule has 2 unspecified atom stereocenters. The van der Waals surface area contributed by atoms with E-state index in [-0.39, 0.29) is 0 Å². The van der Waals surface area contributed by atoms with Crippen LogP contribution in [0, 0.1) is 5.92 Å². The molecule has 156 valence electrons. The van der Waals surface area contributed by atoms with Gasteiger partial charge in [-0.2, -0.15) is 0 Å². The minimum absolute atomic E-state index is 0.374. The molecule has 5 heteroatoms. The number of nitrogens with zero attached hydrogens (tertiary/aromatic N) is 5. The van der Waals surface area contributed by atoms with E-state index in [1.54, 1.807) is 0 Å². The molecule has 4 rings (SSSR count). The van der Waals surface area contributed by atoms with Gasteiger partial charge in [-0.15, -0.1) is 0 Å². The maximum atomic E-state index is 4.92. The van der Waals surface area contributed by atoms with Crippen LogP contribution in [0.4, 0.5) is 5.82 Å². The highest BCUT2D eigenvalue weighted by atomic mass is 15.2. The molecule has 2 atom stereocenters. The van der Waals surface area contributed by atoms with Gasteiger partial charge in [0, 0.05) is 37.0 Å². The number of anilines is 1. The molecule has 0 spiro atoms. The number of rotatable bonds is 6. The Morgan fingerprint density at radius 1 is 0.933 bits per heavy atom. The van der Waals surface area contributed by atoms with E-state index in [0.29, 0.717) is 17.8 Å². The first-order valence-corrected chi connectivity index (χ1v) is 11.0. The molecule has 3 aromatic rings. The molecular weight excluding hydrogens is 370 g/mol. The van der Waals surface area contributed by atoms with Gasteiger partial charge in [-0.25, -0.2) is 9.97 Å². The number of benzene rings is 1. The van der Waals surface area contributed by atoms with E-state index in [9.17, 15) is 0 Å². The zero-order chi connectivity index (χ0) is 20.9. The van der Waals surface area contributed by atoms with Crippen molar-refractivity contribution in [3.05, 3.63) is 66.5 Å². The van der Waals surface area contributed by atoms with Gasteiger partial charge in [-0.05, 0) is 31.1 Å². The summed E-state index contributed by atoms with van der Waals surface area (Å²) < 4.78 is 0. The summed E-state index contributed by atoms with van der Waals surface area (Å²) in [5.41, 5.74) is 4.21. The Bertz CT molecular complexity index is 957. The van der Waals surface area contributed by atoms with Gasteiger partial charge in [-0.3, -0.25) is 9.97 Å². The molecule has 1 fully saturated rings. The van der Waals surface area contributed by atoms with Crippen LogP contribution in [0.1, 0.15) is 63.3 Å². The summed E-state index contributed by atoms with van der Waals surface area (Å²) >= 11 is 0. The molecule has 0 amide bonds. The van der Waals surface area contributed by atoms with Crippen LogP contribution in [0.15, 0.2) is 55.1 Å². The topological polar surface area (TPSA) is 54.8 Å². The highest BCUT2D eigenvalue weighted by Crippen LogP contribution is 2.30. The molecule has 1 saturated heterocycles. The Hall–Kier alpha value is -2.82. The van der Waals surface area contributed by atoms with E-state index in [4.69, 9.17) is 9.97 Å². The lowest BCUT2D eigenvalue weighted by Gasteiger charge is -2.34. The normalized spacial score (nSPS) is 17.9. The molecule has 1 aliphatic rings. The molecule has 0 aliphatic carbocycles. The monoisotopic (exact) mass is 401 g/mol. The molecule has 0 saturated carbocycles. The Morgan fingerprint density at radius 3 is 2.50 bits per heavy atom. The van der Waals surface area contributed by atoms with Gasteiger partial charge in [0.2, 0.25) is 0 Å². The van der Waals surface area contributed by atoms with Crippen LogP contribution in [0.5, 0.6) is 0 Å². The molecule has 0 bridgehead atoms. The summed E-state index contributed by atoms with van der Waals surface area (Å²) in [4.78, 5) is 21.1. The Kier molecular flexibility index (Phi) is 6.36. The van der Waals surface area contributed by atoms with Crippen LogP contribution in [0.25, 0.3) is 11.3 Å². The summed E-state index contributed by atoms with van der Waals surface area (Å²) in [6.45, 7) is 8.70. The summed E-state index contributed by atoms with van der Waals surface area (Å²) in [7, 11) is 0. The lowest BCUT2D eigenvalue weighted by molar-refractivity contribution is 0.366. The molecule has 0 radical (unpaired) electrons. The third-order valence-electron chi connectivity index (χ3n) is 5.99. The second-order valence-electron chi connectivity index (χ2n) is 8.74. The molecule has 3 heterocycles. The van der Waals surface area contributed by atoms with Gasteiger partial charge in [0.1, 0.15) is 5.82 Å². The molecule has 5 nitrogen and oxygen atoms in total. The first-order valence-electron chi connectivity index (χ1n) is 11.0. The fraction of sp³-hybridized carbons (Fsp3) is 0.440. The standard InChI is InChI=1S/C25H31N5/c1-18(2)22-13-27-16-25(29-22)30-11-7-8-20(17-30)12-19(3)23-14-26-15-24(28-23)21-9-5-4-6-10-21/h4-6,9-10,13-16,18-20H,7-8,11-12,17H2,1-3H3. The highest BCUT2D eigenvalue weighted by molar-refractivity contribution is 5.57. The van der Waals surface area contributed by atoms with Gasteiger partial charge >= 0.3 is 0 Å². The molecule has 1 aliphatic heterocycles. The highest BCUT2D eigenvalue weighted by Gasteiger charge is 2.24. The molecule has 2 aromatic heterocycles. The van der Waals surface area contributed by atoms with Crippen molar-refractivity contribution in [3.8, 4) is 11.3 Å². The summed E-state index contributed by atoms with van der Waals surface area (Å²) in [6.07, 6.45) is 11.1. The van der Waals surface area contributed by atoms with Crippen LogP contribution in [-0.2, 0) is 0 Å². The van der Waals surface area contributed by atoms with Crippen molar-refractivity contribution < 1.29 is 0 Å². The van der Waals surface area contributed by atoms with Gasteiger partial charge < -0.3 is 4.90 Å². The van der Waals surface area contributed by atoms with Crippen molar-refractivity contribution in [2.45, 2.75) is 51.9 Å². The van der Waals surface area contributed by atoms with Crippen LogP contribution in [-0.4, -0.2) is 33.0 Å². The van der Waals surface area contributed by atoms with E-state index in [1.807, 2.05) is 43.0 Å². The maximum absolute atomic E-state index is 4.92. The van der Waals surface area contributed by atoms with Crippen LogP contribution in [0.2, 0.25) is 0 Å². The van der Waals surface area contributed by atoms with Crippen molar-refractivity contribution in [1.29, 1.82) is 0 Å². The number of aromatic nitrogens is 4. The van der Waals surface area contributed by atoms with Crippen LogP contribution >= 0.6 is 0 Å². The van der Waals surface area contributed by atoms with Crippen molar-refractivity contribution in [2.75, 3.05) is 18.0 Å². The second kappa shape index (κ2) is 9.33. The van der Waals surface area contributed by atoms with Crippen molar-refractivity contribution in [2.24, 2.45) is 5.92 Å². The minimum atomic E-state index is 0.374. The lowest BCUT2D eigenvalue weighted by Crippen LogP contribution is -2.36. The quantitative estimate of drug-likeness (QED) is 0.548. The summed E-state index contributed by atoms with van der Waals surface area (Å²) in [6, 6.07) is 10.3. The third-order valence-corrected chi connectivity index (χ3v) is 5.99. The fourth-order valence-electron chi connectivity index (χ4n) is 4.25. The zero-order valence-corrected chi connectivity index (χ0v) is 18.2. The number of piperidine rings is 1. The first-order chi connectivity index (χ1) is 14.6. The number of hydrogen-bond acceptors (Lipinski definition) is 5. The molecular formula is C25H31N5. The van der Waals surface area contributed by atoms with Crippen molar-refractivity contribution in [3.63, 3.8) is 0 Å². The van der Waals surface area contributed by atoms with E-state index in [0.717, 1.165) is 48.0 Å². The first kappa shape index (κ1) is 20.5. The second-order valence-corrected chi connectivity index (χ2v) is 8.74. The average Bonchev–Trinajstić information content (AvgIpc) is 2.80. The lowest BCUT2D eigenvalue weighted by atomic mass is 9.87. The minimum Gasteiger partial charge on any atom is -0.355 e. The Morgan fingerprint density at radius 2 is 1.70 bits per heavy atom.